The van der Waals surface area contributed by atoms with Crippen LogP contribution in [0.15, 0.2) is 23.8 Å². The maximum atomic E-state index is 14.1. The second-order valence-electron chi connectivity index (χ2n) is 11.1. The van der Waals surface area contributed by atoms with Gasteiger partial charge in [0.2, 0.25) is 5.91 Å². The number of carbonyl (C=O) groups is 2. The highest BCUT2D eigenvalue weighted by atomic mass is 16.6. The van der Waals surface area contributed by atoms with Crippen molar-refractivity contribution in [3.63, 3.8) is 0 Å². The van der Waals surface area contributed by atoms with Crippen molar-refractivity contribution in [3.8, 4) is 0 Å². The van der Waals surface area contributed by atoms with E-state index in [1.807, 2.05) is 11.0 Å². The predicted molar refractivity (Wildman–Crippen MR) is 109 cm³/mol. The lowest BCUT2D eigenvalue weighted by Crippen LogP contribution is -2.54. The molecule has 3 saturated carbocycles. The minimum atomic E-state index is -1.17. The number of rotatable bonds is 1. The minimum absolute atomic E-state index is 0.0178. The lowest BCUT2D eigenvalue weighted by atomic mass is 9.60. The Balaban J connectivity index is 1.50. The molecule has 6 aliphatic rings. The third-order valence-electron chi connectivity index (χ3n) is 9.73. The van der Waals surface area contributed by atoms with E-state index in [9.17, 15) is 24.9 Å². The molecule has 0 aromatic carbocycles. The standard InChI is InChI=1S/C24H31NO6/c1-12-10-23-11-24(12,30)6-3-15(23)14-9-16-19(27)22(2,21(29)31-16)17(14)18(23)20(28)25-7-4-13(26)5-8-25/h9,13,15-19,26-27,30H,1,3-8,10-11H2,2H3/t15-,16-,17+,18+,19-,22-,23-,24+/m0/s1. The second-order valence-corrected chi connectivity index (χ2v) is 11.1. The van der Waals surface area contributed by atoms with E-state index in [0.717, 1.165) is 17.6 Å². The zero-order valence-corrected chi connectivity index (χ0v) is 17.9. The molecule has 2 aliphatic heterocycles. The first-order chi connectivity index (χ1) is 14.6. The molecule has 1 amide bonds. The van der Waals surface area contributed by atoms with E-state index in [1.165, 1.54) is 0 Å². The van der Waals surface area contributed by atoms with E-state index in [4.69, 9.17) is 4.74 Å². The van der Waals surface area contributed by atoms with E-state index in [1.54, 1.807) is 6.92 Å². The Morgan fingerprint density at radius 3 is 2.68 bits per heavy atom. The van der Waals surface area contributed by atoms with Gasteiger partial charge in [-0.3, -0.25) is 9.59 Å². The molecule has 3 N–H and O–H groups in total. The summed E-state index contributed by atoms with van der Waals surface area (Å²) in [5, 5.41) is 32.2. The zero-order valence-electron chi connectivity index (χ0n) is 17.9. The molecule has 7 nitrogen and oxygen atoms in total. The van der Waals surface area contributed by atoms with Crippen LogP contribution >= 0.6 is 0 Å². The Hall–Kier alpha value is -1.70. The third kappa shape index (κ3) is 2.25. The van der Waals surface area contributed by atoms with Gasteiger partial charge in [0.05, 0.1) is 17.6 Å². The Labute approximate surface area is 181 Å². The fourth-order valence-electron chi connectivity index (χ4n) is 8.14. The Morgan fingerprint density at radius 2 is 1.97 bits per heavy atom. The van der Waals surface area contributed by atoms with Crippen LogP contribution in [-0.2, 0) is 14.3 Å². The summed E-state index contributed by atoms with van der Waals surface area (Å²) in [5.74, 6) is -1.33. The molecule has 31 heavy (non-hydrogen) atoms. The summed E-state index contributed by atoms with van der Waals surface area (Å²) in [5.41, 5.74) is -0.754. The fourth-order valence-corrected chi connectivity index (χ4v) is 8.14. The quantitative estimate of drug-likeness (QED) is 0.423. The smallest absolute Gasteiger partial charge is 0.315 e. The molecule has 0 aromatic heterocycles. The van der Waals surface area contributed by atoms with Gasteiger partial charge in [-0.25, -0.2) is 0 Å². The maximum Gasteiger partial charge on any atom is 0.315 e. The molecule has 168 valence electrons. The molecule has 0 unspecified atom stereocenters. The summed E-state index contributed by atoms with van der Waals surface area (Å²) in [7, 11) is 0. The number of hydrogen-bond acceptors (Lipinski definition) is 6. The molecular weight excluding hydrogens is 398 g/mol. The number of ether oxygens (including phenoxy) is 1. The summed E-state index contributed by atoms with van der Waals surface area (Å²) in [6.45, 7) is 6.91. The third-order valence-corrected chi connectivity index (χ3v) is 9.73. The summed E-state index contributed by atoms with van der Waals surface area (Å²) in [6.07, 6.45) is 3.37. The molecule has 4 aliphatic carbocycles. The van der Waals surface area contributed by atoms with Crippen molar-refractivity contribution in [3.05, 3.63) is 23.8 Å². The predicted octanol–water partition coefficient (Wildman–Crippen LogP) is 0.926. The van der Waals surface area contributed by atoms with Crippen LogP contribution in [0.4, 0.5) is 0 Å². The Kier molecular flexibility index (Phi) is 3.86. The molecule has 2 heterocycles. The van der Waals surface area contributed by atoms with E-state index in [0.29, 0.717) is 45.2 Å². The SMILES string of the molecule is C=C1C[C@]23C[C@]1(O)CC[C@H]2C1=C[C@@H]2OC(=O)[C@@](C)([C@H]1[C@@H]3C(=O)N1CCC(O)CC1)[C@H]2O. The van der Waals surface area contributed by atoms with Crippen LogP contribution in [0.3, 0.4) is 0 Å². The average molecular weight is 430 g/mol. The number of nitrogens with zero attached hydrogens (tertiary/aromatic N) is 1. The van der Waals surface area contributed by atoms with E-state index < -0.39 is 46.4 Å². The molecule has 7 heteroatoms. The molecule has 4 bridgehead atoms. The number of fused-ring (bicyclic) bond motifs is 6. The molecular formula is C24H31NO6. The molecule has 0 radical (unpaired) electrons. The highest BCUT2D eigenvalue weighted by molar-refractivity contribution is 5.88. The van der Waals surface area contributed by atoms with Gasteiger partial charge in [0.25, 0.3) is 0 Å². The number of piperidine rings is 1. The number of amides is 1. The van der Waals surface area contributed by atoms with Crippen molar-refractivity contribution < 1.29 is 29.6 Å². The van der Waals surface area contributed by atoms with E-state index in [-0.39, 0.29) is 17.9 Å². The largest absolute Gasteiger partial charge is 0.455 e. The molecule has 1 spiro atoms. The van der Waals surface area contributed by atoms with Crippen LogP contribution in [0.1, 0.15) is 45.4 Å². The topological polar surface area (TPSA) is 107 Å². The van der Waals surface area contributed by atoms with Gasteiger partial charge in [0.15, 0.2) is 0 Å². The van der Waals surface area contributed by atoms with Crippen molar-refractivity contribution in [2.75, 3.05) is 13.1 Å². The number of likely N-dealkylation sites (tertiary alicyclic amines) is 1. The monoisotopic (exact) mass is 429 g/mol. The van der Waals surface area contributed by atoms with Crippen molar-refractivity contribution in [1.82, 2.24) is 4.90 Å². The van der Waals surface area contributed by atoms with Crippen LogP contribution in [0, 0.1) is 28.6 Å². The van der Waals surface area contributed by atoms with Gasteiger partial charge >= 0.3 is 5.97 Å². The number of aliphatic hydroxyl groups is 3. The normalized spacial score (nSPS) is 50.8. The minimum Gasteiger partial charge on any atom is -0.455 e. The highest BCUT2D eigenvalue weighted by Gasteiger charge is 2.75. The van der Waals surface area contributed by atoms with Crippen molar-refractivity contribution in [2.45, 2.75) is 69.4 Å². The molecule has 0 aromatic rings. The molecule has 8 atom stereocenters. The lowest BCUT2D eigenvalue weighted by molar-refractivity contribution is -0.155. The van der Waals surface area contributed by atoms with Gasteiger partial charge in [0, 0.05) is 19.0 Å². The molecule has 5 fully saturated rings. The van der Waals surface area contributed by atoms with Gasteiger partial charge in [-0.05, 0) is 68.4 Å². The van der Waals surface area contributed by atoms with Crippen LogP contribution < -0.4 is 0 Å². The van der Waals surface area contributed by atoms with Crippen LogP contribution in [0.5, 0.6) is 0 Å². The lowest BCUT2D eigenvalue weighted by Gasteiger charge is -2.45. The number of carbonyl (C=O) groups excluding carboxylic acids is 2. The fraction of sp³-hybridized carbons (Fsp3) is 0.750. The van der Waals surface area contributed by atoms with E-state index >= 15 is 0 Å². The molecule has 2 saturated heterocycles. The van der Waals surface area contributed by atoms with Gasteiger partial charge in [-0.15, -0.1) is 0 Å². The summed E-state index contributed by atoms with van der Waals surface area (Å²) < 4.78 is 5.53. The first kappa shape index (κ1) is 19.9. The second kappa shape index (κ2) is 6.00. The maximum absolute atomic E-state index is 14.1. The average Bonchev–Trinajstić information content (AvgIpc) is 3.16. The number of hydrogen-bond donors (Lipinski definition) is 3. The van der Waals surface area contributed by atoms with E-state index in [2.05, 4.69) is 6.58 Å². The first-order valence-electron chi connectivity index (χ1n) is 11.6. The summed E-state index contributed by atoms with van der Waals surface area (Å²) in [6, 6.07) is 0. The van der Waals surface area contributed by atoms with Gasteiger partial charge in [0.1, 0.15) is 17.6 Å². The van der Waals surface area contributed by atoms with Crippen molar-refractivity contribution >= 4 is 11.9 Å². The van der Waals surface area contributed by atoms with Crippen LogP contribution in [-0.4, -0.2) is 69.1 Å². The number of allylic oxidation sites excluding steroid dienone is 1. The van der Waals surface area contributed by atoms with Gasteiger partial charge < -0.3 is 25.0 Å². The summed E-state index contributed by atoms with van der Waals surface area (Å²) >= 11 is 0. The number of aliphatic hydroxyl groups excluding tert-OH is 2. The Morgan fingerprint density at radius 1 is 1.26 bits per heavy atom. The number of esters is 1. The summed E-state index contributed by atoms with van der Waals surface area (Å²) in [4.78, 5) is 28.9. The van der Waals surface area contributed by atoms with Crippen LogP contribution in [0.25, 0.3) is 0 Å². The van der Waals surface area contributed by atoms with Crippen LogP contribution in [0.2, 0.25) is 0 Å². The Bertz CT molecular complexity index is 921. The van der Waals surface area contributed by atoms with Gasteiger partial charge in [-0.2, -0.15) is 0 Å². The van der Waals surface area contributed by atoms with Gasteiger partial charge in [-0.1, -0.05) is 12.2 Å². The molecule has 6 rings (SSSR count). The highest BCUT2D eigenvalue weighted by Crippen LogP contribution is 2.74. The first-order valence-corrected chi connectivity index (χ1v) is 11.6. The zero-order chi connectivity index (χ0) is 21.9. The van der Waals surface area contributed by atoms with Crippen molar-refractivity contribution in [2.24, 2.45) is 28.6 Å². The van der Waals surface area contributed by atoms with Crippen molar-refractivity contribution in [1.29, 1.82) is 0 Å².